The average Bonchev–Trinajstić information content (AvgIpc) is 3.17. The summed E-state index contributed by atoms with van der Waals surface area (Å²) in [5, 5.41) is 11.1. The van der Waals surface area contributed by atoms with E-state index in [2.05, 4.69) is 34.1 Å². The Balaban J connectivity index is 1.89. The fourth-order valence-corrected chi connectivity index (χ4v) is 3.79. The van der Waals surface area contributed by atoms with Crippen LogP contribution in [-0.2, 0) is 10.0 Å². The molecule has 1 heterocycles. The van der Waals surface area contributed by atoms with E-state index in [1.807, 2.05) is 25.1 Å². The van der Waals surface area contributed by atoms with Gasteiger partial charge in [-0.1, -0.05) is 32.0 Å². The first kappa shape index (κ1) is 18.1. The number of nitrogens with one attached hydrogen (secondary N) is 1. The molecule has 0 bridgehead atoms. The van der Waals surface area contributed by atoms with E-state index < -0.39 is 10.0 Å². The summed E-state index contributed by atoms with van der Waals surface area (Å²) in [6, 6.07) is 12.3. The molecule has 0 amide bonds. The highest BCUT2D eigenvalue weighted by Gasteiger charge is 2.17. The molecule has 136 valence electrons. The van der Waals surface area contributed by atoms with Gasteiger partial charge in [-0.15, -0.1) is 5.10 Å². The highest BCUT2D eigenvalue weighted by Crippen LogP contribution is 2.25. The molecule has 1 aromatic heterocycles. The second kappa shape index (κ2) is 7.25. The zero-order valence-electron chi connectivity index (χ0n) is 14.9. The molecule has 0 aliphatic heterocycles. The van der Waals surface area contributed by atoms with E-state index in [0.29, 0.717) is 17.3 Å². The van der Waals surface area contributed by atoms with Crippen LogP contribution in [0.25, 0.3) is 5.69 Å². The Morgan fingerprint density at radius 2 is 1.88 bits per heavy atom. The summed E-state index contributed by atoms with van der Waals surface area (Å²) in [4.78, 5) is 0.233. The molecule has 7 nitrogen and oxygen atoms in total. The number of aromatic nitrogens is 4. The fraction of sp³-hybridized carbons (Fsp3) is 0.278. The number of hydrogen-bond acceptors (Lipinski definition) is 5. The quantitative estimate of drug-likeness (QED) is 0.718. The van der Waals surface area contributed by atoms with Crippen molar-refractivity contribution in [3.05, 3.63) is 59.9 Å². The number of rotatable bonds is 6. The van der Waals surface area contributed by atoms with Crippen LogP contribution < -0.4 is 4.72 Å². The monoisotopic (exact) mass is 371 g/mol. The smallest absolute Gasteiger partial charge is 0.261 e. The second-order valence-corrected chi connectivity index (χ2v) is 7.87. The number of nitrogens with zero attached hydrogens (tertiary/aromatic N) is 4. The van der Waals surface area contributed by atoms with E-state index in [-0.39, 0.29) is 4.90 Å². The van der Waals surface area contributed by atoms with Gasteiger partial charge in [-0.3, -0.25) is 4.72 Å². The minimum absolute atomic E-state index is 0.233. The van der Waals surface area contributed by atoms with Crippen molar-refractivity contribution in [2.75, 3.05) is 4.72 Å². The molecule has 1 N–H and O–H groups in total. The largest absolute Gasteiger partial charge is 0.279 e. The summed E-state index contributed by atoms with van der Waals surface area (Å²) >= 11 is 0. The highest BCUT2D eigenvalue weighted by atomic mass is 32.2. The molecule has 0 saturated heterocycles. The third-order valence-electron chi connectivity index (χ3n) is 4.52. The van der Waals surface area contributed by atoms with Crippen molar-refractivity contribution in [3.63, 3.8) is 0 Å². The SMILES string of the molecule is CC[C@@H](C)c1ccc(S(=O)(=O)Nc2cccc(-n3cnnn3)c2C)cc1. The van der Waals surface area contributed by atoms with Crippen molar-refractivity contribution < 1.29 is 8.42 Å². The first-order chi connectivity index (χ1) is 12.4. The summed E-state index contributed by atoms with van der Waals surface area (Å²) in [7, 11) is -3.68. The van der Waals surface area contributed by atoms with Crippen LogP contribution >= 0.6 is 0 Å². The lowest BCUT2D eigenvalue weighted by Crippen LogP contribution is -2.14. The zero-order valence-corrected chi connectivity index (χ0v) is 15.7. The van der Waals surface area contributed by atoms with Gasteiger partial charge in [0.2, 0.25) is 0 Å². The van der Waals surface area contributed by atoms with Gasteiger partial charge in [0.25, 0.3) is 10.0 Å². The molecule has 0 aliphatic rings. The molecule has 2 aromatic carbocycles. The fourth-order valence-electron chi connectivity index (χ4n) is 2.67. The maximum atomic E-state index is 12.7. The van der Waals surface area contributed by atoms with Crippen molar-refractivity contribution in [2.24, 2.45) is 0 Å². The van der Waals surface area contributed by atoms with Crippen LogP contribution in [0.15, 0.2) is 53.7 Å². The minimum atomic E-state index is -3.68. The van der Waals surface area contributed by atoms with Crippen molar-refractivity contribution in [3.8, 4) is 5.69 Å². The van der Waals surface area contributed by atoms with Gasteiger partial charge in [-0.2, -0.15) is 0 Å². The van der Waals surface area contributed by atoms with Gasteiger partial charge < -0.3 is 0 Å². The van der Waals surface area contributed by atoms with Crippen molar-refractivity contribution in [2.45, 2.75) is 38.0 Å². The van der Waals surface area contributed by atoms with Gasteiger partial charge in [-0.25, -0.2) is 13.1 Å². The third-order valence-corrected chi connectivity index (χ3v) is 5.90. The molecule has 0 saturated carbocycles. The Morgan fingerprint density at radius 1 is 1.15 bits per heavy atom. The molecule has 0 fully saturated rings. The van der Waals surface area contributed by atoms with Gasteiger partial charge in [-0.05, 0) is 65.1 Å². The van der Waals surface area contributed by atoms with E-state index >= 15 is 0 Å². The predicted octanol–water partition coefficient (Wildman–Crippen LogP) is 3.29. The maximum Gasteiger partial charge on any atom is 0.261 e. The maximum absolute atomic E-state index is 12.7. The Labute approximate surface area is 153 Å². The van der Waals surface area contributed by atoms with Crippen LogP contribution in [0.5, 0.6) is 0 Å². The molecule has 8 heteroatoms. The van der Waals surface area contributed by atoms with Crippen molar-refractivity contribution >= 4 is 15.7 Å². The summed E-state index contributed by atoms with van der Waals surface area (Å²) < 4.78 is 29.6. The van der Waals surface area contributed by atoms with E-state index in [1.165, 1.54) is 11.0 Å². The summed E-state index contributed by atoms with van der Waals surface area (Å²) in [6.07, 6.45) is 2.47. The average molecular weight is 371 g/mol. The predicted molar refractivity (Wildman–Crippen MR) is 99.8 cm³/mol. The molecule has 26 heavy (non-hydrogen) atoms. The standard InChI is InChI=1S/C18H21N5O2S/c1-4-13(2)15-8-10-16(11-9-15)26(24,25)20-17-6-5-7-18(14(17)3)23-12-19-21-22-23/h5-13,20H,4H2,1-3H3/t13-/m1/s1. The molecule has 0 spiro atoms. The third kappa shape index (κ3) is 3.60. The molecule has 0 radical (unpaired) electrons. The molecule has 0 unspecified atom stereocenters. The van der Waals surface area contributed by atoms with Crippen LogP contribution in [0, 0.1) is 6.92 Å². The van der Waals surface area contributed by atoms with E-state index in [1.54, 1.807) is 24.3 Å². The molecule has 1 atom stereocenters. The van der Waals surface area contributed by atoms with E-state index in [0.717, 1.165) is 17.5 Å². The van der Waals surface area contributed by atoms with Gasteiger partial charge in [0.1, 0.15) is 6.33 Å². The zero-order chi connectivity index (χ0) is 18.7. The van der Waals surface area contributed by atoms with Gasteiger partial charge in [0.15, 0.2) is 0 Å². The number of anilines is 1. The Bertz CT molecular complexity index is 983. The number of sulfonamides is 1. The Morgan fingerprint density at radius 3 is 2.50 bits per heavy atom. The summed E-state index contributed by atoms with van der Waals surface area (Å²) in [5.41, 5.74) is 3.06. The first-order valence-electron chi connectivity index (χ1n) is 8.38. The summed E-state index contributed by atoms with van der Waals surface area (Å²) in [5.74, 6) is 0.398. The number of benzene rings is 2. The Kier molecular flexibility index (Phi) is 5.03. The van der Waals surface area contributed by atoms with Gasteiger partial charge >= 0.3 is 0 Å². The molecule has 3 aromatic rings. The Hall–Kier alpha value is -2.74. The molecular formula is C18H21N5O2S. The van der Waals surface area contributed by atoms with Crippen molar-refractivity contribution in [1.29, 1.82) is 0 Å². The van der Waals surface area contributed by atoms with Gasteiger partial charge in [0, 0.05) is 0 Å². The van der Waals surface area contributed by atoms with Crippen LogP contribution in [0.1, 0.15) is 37.3 Å². The lowest BCUT2D eigenvalue weighted by atomic mass is 9.99. The minimum Gasteiger partial charge on any atom is -0.279 e. The van der Waals surface area contributed by atoms with Crippen LogP contribution in [0.2, 0.25) is 0 Å². The lowest BCUT2D eigenvalue weighted by molar-refractivity contribution is 0.601. The second-order valence-electron chi connectivity index (χ2n) is 6.19. The molecular weight excluding hydrogens is 350 g/mol. The molecule has 0 aliphatic carbocycles. The van der Waals surface area contributed by atoms with Gasteiger partial charge in [0.05, 0.1) is 16.3 Å². The van der Waals surface area contributed by atoms with Crippen LogP contribution in [-0.4, -0.2) is 28.6 Å². The van der Waals surface area contributed by atoms with Crippen molar-refractivity contribution in [1.82, 2.24) is 20.2 Å². The lowest BCUT2D eigenvalue weighted by Gasteiger charge is -2.14. The summed E-state index contributed by atoms with van der Waals surface area (Å²) in [6.45, 7) is 6.05. The topological polar surface area (TPSA) is 89.8 Å². The van der Waals surface area contributed by atoms with Crippen LogP contribution in [0.4, 0.5) is 5.69 Å². The molecule has 3 rings (SSSR count). The van der Waals surface area contributed by atoms with Crippen LogP contribution in [0.3, 0.4) is 0 Å². The first-order valence-corrected chi connectivity index (χ1v) is 9.86. The van der Waals surface area contributed by atoms with E-state index in [9.17, 15) is 8.42 Å². The number of hydrogen-bond donors (Lipinski definition) is 1. The number of tetrazole rings is 1. The normalized spacial score (nSPS) is 12.7. The van der Waals surface area contributed by atoms with E-state index in [4.69, 9.17) is 0 Å². The highest BCUT2D eigenvalue weighted by molar-refractivity contribution is 7.92.